The van der Waals surface area contributed by atoms with E-state index in [4.69, 9.17) is 18.6 Å². The largest absolute Gasteiger partial charge is 0.497 e. The number of aryl methyl sites for hydroxylation is 1. The van der Waals surface area contributed by atoms with Crippen molar-refractivity contribution in [3.63, 3.8) is 0 Å². The number of ether oxygens (including phenoxy) is 3. The molecule has 1 heterocycles. The average Bonchev–Trinajstić information content (AvgIpc) is 3.25. The van der Waals surface area contributed by atoms with Gasteiger partial charge in [-0.1, -0.05) is 30.3 Å². The van der Waals surface area contributed by atoms with Crippen LogP contribution in [0.25, 0.3) is 11.3 Å². The van der Waals surface area contributed by atoms with Gasteiger partial charge in [0.25, 0.3) is 0 Å². The Hall–Kier alpha value is -3.54. The number of carbonyl (C=O) groups is 2. The van der Waals surface area contributed by atoms with Gasteiger partial charge in [0.2, 0.25) is 5.78 Å². The summed E-state index contributed by atoms with van der Waals surface area (Å²) in [6.45, 7) is -0.352. The molecule has 3 aromatic rings. The Morgan fingerprint density at radius 2 is 1.72 bits per heavy atom. The van der Waals surface area contributed by atoms with E-state index < -0.39 is 5.97 Å². The van der Waals surface area contributed by atoms with E-state index in [1.807, 2.05) is 42.5 Å². The second-order valence-corrected chi connectivity index (χ2v) is 6.28. The van der Waals surface area contributed by atoms with Crippen LogP contribution in [-0.2, 0) is 16.0 Å². The number of benzene rings is 2. The number of Topliss-reactive ketones (excluding diaryl/α,β-unsaturated/α-hetero) is 1. The van der Waals surface area contributed by atoms with Gasteiger partial charge < -0.3 is 18.6 Å². The minimum atomic E-state index is -0.469. The quantitative estimate of drug-likeness (QED) is 0.397. The summed E-state index contributed by atoms with van der Waals surface area (Å²) < 4.78 is 21.2. The lowest BCUT2D eigenvalue weighted by molar-refractivity contribution is -0.142. The van der Waals surface area contributed by atoms with Crippen LogP contribution in [0.3, 0.4) is 0 Å². The van der Waals surface area contributed by atoms with Crippen LogP contribution in [0.4, 0.5) is 0 Å². The highest BCUT2D eigenvalue weighted by Crippen LogP contribution is 2.25. The zero-order valence-electron chi connectivity index (χ0n) is 16.3. The smallest absolute Gasteiger partial charge is 0.306 e. The van der Waals surface area contributed by atoms with Crippen molar-refractivity contribution in [3.8, 4) is 22.8 Å². The third kappa shape index (κ3) is 5.25. The first-order chi connectivity index (χ1) is 14.1. The molecule has 0 amide bonds. The maximum atomic E-state index is 12.3. The highest BCUT2D eigenvalue weighted by molar-refractivity contribution is 6.00. The zero-order valence-corrected chi connectivity index (χ0v) is 16.3. The summed E-state index contributed by atoms with van der Waals surface area (Å²) in [6, 6.07) is 18.3. The van der Waals surface area contributed by atoms with Crippen molar-refractivity contribution in [2.45, 2.75) is 12.8 Å². The minimum Gasteiger partial charge on any atom is -0.497 e. The monoisotopic (exact) mass is 394 g/mol. The third-order valence-corrected chi connectivity index (χ3v) is 4.37. The predicted molar refractivity (Wildman–Crippen MR) is 107 cm³/mol. The molecule has 6 heteroatoms. The maximum Gasteiger partial charge on any atom is 0.306 e. The summed E-state index contributed by atoms with van der Waals surface area (Å²) in [5, 5.41) is 0. The third-order valence-electron chi connectivity index (χ3n) is 4.37. The minimum absolute atomic E-state index is 0.120. The summed E-state index contributed by atoms with van der Waals surface area (Å²) in [4.78, 5) is 24.4. The van der Waals surface area contributed by atoms with Crippen LogP contribution < -0.4 is 9.47 Å². The average molecular weight is 394 g/mol. The molecule has 0 atom stereocenters. The topological polar surface area (TPSA) is 75.0 Å². The first kappa shape index (κ1) is 20.2. The molecular weight excluding hydrogens is 372 g/mol. The Morgan fingerprint density at radius 1 is 0.931 bits per heavy atom. The number of rotatable bonds is 9. The highest BCUT2D eigenvalue weighted by Gasteiger charge is 2.16. The van der Waals surface area contributed by atoms with Crippen molar-refractivity contribution in [2.24, 2.45) is 0 Å². The lowest BCUT2D eigenvalue weighted by Crippen LogP contribution is -2.15. The molecule has 0 spiro atoms. The Morgan fingerprint density at radius 3 is 2.45 bits per heavy atom. The van der Waals surface area contributed by atoms with Crippen molar-refractivity contribution < 1.29 is 28.2 Å². The molecule has 150 valence electrons. The number of furan rings is 1. The van der Waals surface area contributed by atoms with Crippen LogP contribution in [0.1, 0.15) is 22.5 Å². The molecule has 6 nitrogen and oxygen atoms in total. The number of hydrogen-bond donors (Lipinski definition) is 0. The van der Waals surface area contributed by atoms with E-state index in [0.29, 0.717) is 29.2 Å². The van der Waals surface area contributed by atoms with Gasteiger partial charge in [0.15, 0.2) is 6.61 Å². The summed E-state index contributed by atoms with van der Waals surface area (Å²) >= 11 is 0. The molecule has 0 bridgehead atoms. The van der Waals surface area contributed by atoms with Crippen LogP contribution in [0.2, 0.25) is 0 Å². The summed E-state index contributed by atoms with van der Waals surface area (Å²) in [6.07, 6.45) is 0.514. The van der Waals surface area contributed by atoms with E-state index in [1.54, 1.807) is 18.2 Å². The van der Waals surface area contributed by atoms with Gasteiger partial charge >= 0.3 is 5.97 Å². The van der Waals surface area contributed by atoms with Gasteiger partial charge in [-0.15, -0.1) is 0 Å². The lowest BCUT2D eigenvalue weighted by atomic mass is 10.1. The van der Waals surface area contributed by atoms with Crippen LogP contribution in [0.15, 0.2) is 65.1 Å². The molecule has 0 saturated heterocycles. The van der Waals surface area contributed by atoms with E-state index >= 15 is 0 Å². The van der Waals surface area contributed by atoms with Crippen LogP contribution in [0.5, 0.6) is 11.5 Å². The SMILES string of the molecule is COc1ccc(C(=O)COC(=O)CCc2ccc(-c3ccccc3)o2)c(OC)c1. The predicted octanol–water partition coefficient (Wildman–Crippen LogP) is 4.32. The molecule has 0 aliphatic heterocycles. The Labute approximate surface area is 169 Å². The molecule has 1 aromatic heterocycles. The number of carbonyl (C=O) groups excluding carboxylic acids is 2. The van der Waals surface area contributed by atoms with Crippen molar-refractivity contribution in [3.05, 3.63) is 72.0 Å². The normalized spacial score (nSPS) is 10.4. The first-order valence-corrected chi connectivity index (χ1v) is 9.15. The number of ketones is 1. The molecule has 0 aliphatic carbocycles. The molecular formula is C23H22O6. The number of hydrogen-bond acceptors (Lipinski definition) is 6. The van der Waals surface area contributed by atoms with Gasteiger partial charge in [0, 0.05) is 18.1 Å². The van der Waals surface area contributed by atoms with E-state index in [9.17, 15) is 9.59 Å². The van der Waals surface area contributed by atoms with Crippen LogP contribution >= 0.6 is 0 Å². The van der Waals surface area contributed by atoms with Crippen LogP contribution in [-0.4, -0.2) is 32.6 Å². The Balaban J connectivity index is 1.50. The Kier molecular flexibility index (Phi) is 6.68. The van der Waals surface area contributed by atoms with E-state index in [1.165, 1.54) is 14.2 Å². The molecule has 0 N–H and O–H groups in total. The summed E-state index contributed by atoms with van der Waals surface area (Å²) in [7, 11) is 2.99. The molecule has 2 aromatic carbocycles. The first-order valence-electron chi connectivity index (χ1n) is 9.15. The van der Waals surface area contributed by atoms with E-state index in [2.05, 4.69) is 0 Å². The molecule has 0 unspecified atom stereocenters. The number of esters is 1. The molecule has 3 rings (SSSR count). The summed E-state index contributed by atoms with van der Waals surface area (Å²) in [5.41, 5.74) is 1.31. The Bertz CT molecular complexity index is 974. The molecule has 0 radical (unpaired) electrons. The number of methoxy groups -OCH3 is 2. The standard InChI is InChI=1S/C23H22O6/c1-26-18-8-11-19(22(14-18)27-2)20(24)15-28-23(25)13-10-17-9-12-21(29-17)16-6-4-3-5-7-16/h3-9,11-12,14H,10,13,15H2,1-2H3. The fourth-order valence-electron chi connectivity index (χ4n) is 2.82. The molecule has 0 aliphatic rings. The fourth-order valence-corrected chi connectivity index (χ4v) is 2.82. The summed E-state index contributed by atoms with van der Waals surface area (Å²) in [5.74, 6) is 1.56. The second kappa shape index (κ2) is 9.59. The zero-order chi connectivity index (χ0) is 20.6. The molecule has 0 saturated carbocycles. The van der Waals surface area contributed by atoms with Gasteiger partial charge in [-0.2, -0.15) is 0 Å². The fraction of sp³-hybridized carbons (Fsp3) is 0.217. The molecule has 29 heavy (non-hydrogen) atoms. The van der Waals surface area contributed by atoms with Gasteiger partial charge in [0.1, 0.15) is 23.0 Å². The van der Waals surface area contributed by atoms with Crippen LogP contribution in [0, 0.1) is 0 Å². The second-order valence-electron chi connectivity index (χ2n) is 6.28. The van der Waals surface area contributed by atoms with Crippen molar-refractivity contribution in [2.75, 3.05) is 20.8 Å². The van der Waals surface area contributed by atoms with Gasteiger partial charge in [-0.3, -0.25) is 9.59 Å². The lowest BCUT2D eigenvalue weighted by Gasteiger charge is -2.10. The van der Waals surface area contributed by atoms with Gasteiger partial charge in [-0.05, 0) is 24.3 Å². The molecule has 0 fully saturated rings. The van der Waals surface area contributed by atoms with Crippen molar-refractivity contribution in [1.82, 2.24) is 0 Å². The van der Waals surface area contributed by atoms with Gasteiger partial charge in [0.05, 0.1) is 26.2 Å². The highest BCUT2D eigenvalue weighted by atomic mass is 16.5. The van der Waals surface area contributed by atoms with E-state index in [-0.39, 0.29) is 18.8 Å². The van der Waals surface area contributed by atoms with Crippen molar-refractivity contribution in [1.29, 1.82) is 0 Å². The van der Waals surface area contributed by atoms with Crippen molar-refractivity contribution >= 4 is 11.8 Å². The van der Waals surface area contributed by atoms with Gasteiger partial charge in [-0.25, -0.2) is 0 Å². The maximum absolute atomic E-state index is 12.3. The van der Waals surface area contributed by atoms with E-state index in [0.717, 1.165) is 11.3 Å².